The van der Waals surface area contributed by atoms with Crippen LogP contribution in [-0.4, -0.2) is 23.5 Å². The Morgan fingerprint density at radius 2 is 1.84 bits per heavy atom. The summed E-state index contributed by atoms with van der Waals surface area (Å²) in [5.74, 6) is -1.14. The van der Waals surface area contributed by atoms with E-state index in [9.17, 15) is 19.5 Å². The van der Waals surface area contributed by atoms with E-state index >= 15 is 0 Å². The first-order valence-corrected chi connectivity index (χ1v) is 10.7. The van der Waals surface area contributed by atoms with Gasteiger partial charge in [-0.15, -0.1) is 0 Å². The Morgan fingerprint density at radius 1 is 1.10 bits per heavy atom. The lowest BCUT2D eigenvalue weighted by Crippen LogP contribution is -2.41. The molecule has 1 aliphatic rings. The van der Waals surface area contributed by atoms with E-state index in [1.165, 1.54) is 0 Å². The molecule has 3 aromatic rings. The summed E-state index contributed by atoms with van der Waals surface area (Å²) in [6.07, 6.45) is 6.21. The number of benzene rings is 1. The Kier molecular flexibility index (Phi) is 5.60. The van der Waals surface area contributed by atoms with Gasteiger partial charge in [-0.2, -0.15) is 0 Å². The lowest BCUT2D eigenvalue weighted by atomic mass is 9.71. The van der Waals surface area contributed by atoms with Gasteiger partial charge < -0.3 is 19.3 Å². The normalized spacial score (nSPS) is 15.9. The van der Waals surface area contributed by atoms with Crippen molar-refractivity contribution in [1.82, 2.24) is 5.32 Å². The van der Waals surface area contributed by atoms with Crippen LogP contribution in [0.2, 0.25) is 0 Å². The van der Waals surface area contributed by atoms with Gasteiger partial charge in [0.1, 0.15) is 11.2 Å². The van der Waals surface area contributed by atoms with Crippen molar-refractivity contribution in [2.45, 2.75) is 58.8 Å². The maximum atomic E-state index is 12.7. The molecule has 0 saturated heterocycles. The van der Waals surface area contributed by atoms with E-state index in [1.54, 1.807) is 12.3 Å². The number of rotatable bonds is 6. The van der Waals surface area contributed by atoms with Crippen LogP contribution in [0.15, 0.2) is 32.0 Å². The molecule has 7 nitrogen and oxygen atoms in total. The number of aryl methyl sites for hydroxylation is 2. The molecule has 0 bridgehead atoms. The lowest BCUT2D eigenvalue weighted by molar-refractivity contribution is -0.140. The highest BCUT2D eigenvalue weighted by Gasteiger charge is 2.34. The van der Waals surface area contributed by atoms with E-state index in [1.807, 2.05) is 19.9 Å². The Hall–Kier alpha value is -3.09. The van der Waals surface area contributed by atoms with Gasteiger partial charge in [-0.1, -0.05) is 19.3 Å². The number of nitrogens with one attached hydrogen (secondary N) is 1. The second kappa shape index (κ2) is 8.21. The Labute approximate surface area is 179 Å². The number of carbonyl (C=O) groups is 2. The summed E-state index contributed by atoms with van der Waals surface area (Å²) in [4.78, 5) is 36.6. The zero-order chi connectivity index (χ0) is 22.2. The molecular formula is C24H27NO6. The third kappa shape index (κ3) is 4.22. The fourth-order valence-electron chi connectivity index (χ4n) is 4.79. The van der Waals surface area contributed by atoms with Gasteiger partial charge in [-0.3, -0.25) is 9.59 Å². The van der Waals surface area contributed by atoms with Gasteiger partial charge in [-0.05, 0) is 49.3 Å². The standard InChI is InChI=1S/C24H27NO6/c1-14-12-30-19-10-20-17(8-16(14)19)15(2)18(23(29)31-20)9-21(26)25-13-24(11-22(27)28)6-4-3-5-7-24/h8,10,12H,3-7,9,11,13H2,1-2H3,(H,25,26)(H,27,28). The number of carboxylic acids is 1. The molecule has 1 saturated carbocycles. The van der Waals surface area contributed by atoms with Crippen LogP contribution < -0.4 is 10.9 Å². The molecule has 1 aliphatic carbocycles. The van der Waals surface area contributed by atoms with Gasteiger partial charge in [-0.25, -0.2) is 4.79 Å². The topological polar surface area (TPSA) is 110 Å². The van der Waals surface area contributed by atoms with Crippen molar-refractivity contribution in [1.29, 1.82) is 0 Å². The highest BCUT2D eigenvalue weighted by molar-refractivity contribution is 5.96. The molecule has 31 heavy (non-hydrogen) atoms. The summed E-state index contributed by atoms with van der Waals surface area (Å²) in [6.45, 7) is 4.07. The van der Waals surface area contributed by atoms with Crippen LogP contribution in [0, 0.1) is 19.3 Å². The number of fused-ring (bicyclic) bond motifs is 2. The zero-order valence-corrected chi connectivity index (χ0v) is 17.9. The summed E-state index contributed by atoms with van der Waals surface area (Å²) >= 11 is 0. The SMILES string of the molecule is Cc1coc2cc3oc(=O)c(CC(=O)NCC4(CC(=O)O)CCCCC4)c(C)c3cc12. The first kappa shape index (κ1) is 21.2. The second-order valence-electron chi connectivity index (χ2n) is 8.84. The number of hydrogen-bond donors (Lipinski definition) is 2. The molecule has 2 aromatic heterocycles. The quantitative estimate of drug-likeness (QED) is 0.572. The molecule has 0 unspecified atom stereocenters. The summed E-state index contributed by atoms with van der Waals surface area (Å²) in [5.41, 5.74) is 2.14. The maximum Gasteiger partial charge on any atom is 0.340 e. The van der Waals surface area contributed by atoms with E-state index in [0.717, 1.165) is 48.4 Å². The molecule has 0 aliphatic heterocycles. The van der Waals surface area contributed by atoms with Crippen molar-refractivity contribution in [3.8, 4) is 0 Å². The first-order valence-electron chi connectivity index (χ1n) is 10.7. The molecule has 1 aromatic carbocycles. The largest absolute Gasteiger partial charge is 0.481 e. The highest BCUT2D eigenvalue weighted by atomic mass is 16.4. The summed E-state index contributed by atoms with van der Waals surface area (Å²) < 4.78 is 11.0. The zero-order valence-electron chi connectivity index (χ0n) is 17.9. The van der Waals surface area contributed by atoms with Gasteiger partial charge in [0, 0.05) is 23.4 Å². The molecule has 0 spiro atoms. The summed E-state index contributed by atoms with van der Waals surface area (Å²) in [5, 5.41) is 13.9. The minimum atomic E-state index is -0.844. The van der Waals surface area contributed by atoms with E-state index in [2.05, 4.69) is 5.32 Å². The van der Waals surface area contributed by atoms with Crippen molar-refractivity contribution >= 4 is 33.8 Å². The lowest BCUT2D eigenvalue weighted by Gasteiger charge is -2.36. The minimum Gasteiger partial charge on any atom is -0.481 e. The first-order chi connectivity index (χ1) is 14.8. The number of carbonyl (C=O) groups excluding carboxylic acids is 1. The van der Waals surface area contributed by atoms with Crippen molar-refractivity contribution in [2.75, 3.05) is 6.54 Å². The number of carboxylic acid groups (broad SMARTS) is 1. The molecule has 4 rings (SSSR count). The third-order valence-corrected chi connectivity index (χ3v) is 6.61. The average molecular weight is 425 g/mol. The van der Waals surface area contributed by atoms with Crippen LogP contribution in [-0.2, 0) is 16.0 Å². The molecule has 164 valence electrons. The Bertz CT molecular complexity index is 1210. The van der Waals surface area contributed by atoms with E-state index in [0.29, 0.717) is 28.8 Å². The molecule has 1 amide bonds. The van der Waals surface area contributed by atoms with E-state index in [-0.39, 0.29) is 18.7 Å². The van der Waals surface area contributed by atoms with Crippen LogP contribution in [0.1, 0.15) is 55.2 Å². The van der Waals surface area contributed by atoms with Crippen LogP contribution in [0.5, 0.6) is 0 Å². The van der Waals surface area contributed by atoms with E-state index < -0.39 is 17.0 Å². The number of aliphatic carboxylic acids is 1. The molecule has 2 N–H and O–H groups in total. The summed E-state index contributed by atoms with van der Waals surface area (Å²) in [7, 11) is 0. The third-order valence-electron chi connectivity index (χ3n) is 6.61. The monoisotopic (exact) mass is 425 g/mol. The van der Waals surface area contributed by atoms with Gasteiger partial charge >= 0.3 is 11.6 Å². The number of amides is 1. The van der Waals surface area contributed by atoms with Gasteiger partial charge in [0.05, 0.1) is 24.7 Å². The van der Waals surface area contributed by atoms with Crippen molar-refractivity contribution in [3.05, 3.63) is 45.5 Å². The molecule has 0 radical (unpaired) electrons. The predicted octanol–water partition coefficient (Wildman–Crippen LogP) is 4.24. The Morgan fingerprint density at radius 3 is 2.55 bits per heavy atom. The van der Waals surface area contributed by atoms with Gasteiger partial charge in [0.15, 0.2) is 0 Å². The number of furan rings is 1. The average Bonchev–Trinajstić information content (AvgIpc) is 3.08. The van der Waals surface area contributed by atoms with Crippen molar-refractivity contribution < 1.29 is 23.5 Å². The molecular weight excluding hydrogens is 398 g/mol. The van der Waals surface area contributed by atoms with Crippen molar-refractivity contribution in [3.63, 3.8) is 0 Å². The molecule has 2 heterocycles. The van der Waals surface area contributed by atoms with Gasteiger partial charge in [0.2, 0.25) is 5.91 Å². The molecule has 7 heteroatoms. The van der Waals surface area contributed by atoms with Crippen LogP contribution in [0.4, 0.5) is 0 Å². The fourth-order valence-corrected chi connectivity index (χ4v) is 4.79. The maximum absolute atomic E-state index is 12.7. The number of hydrogen-bond acceptors (Lipinski definition) is 5. The van der Waals surface area contributed by atoms with Crippen molar-refractivity contribution in [2.24, 2.45) is 5.41 Å². The van der Waals surface area contributed by atoms with E-state index in [4.69, 9.17) is 8.83 Å². The Balaban J connectivity index is 1.56. The van der Waals surface area contributed by atoms with Crippen LogP contribution in [0.3, 0.4) is 0 Å². The highest BCUT2D eigenvalue weighted by Crippen LogP contribution is 2.38. The molecule has 1 fully saturated rings. The molecule has 0 atom stereocenters. The van der Waals surface area contributed by atoms with Crippen LogP contribution in [0.25, 0.3) is 21.9 Å². The predicted molar refractivity (Wildman–Crippen MR) is 116 cm³/mol. The fraction of sp³-hybridized carbons (Fsp3) is 0.458. The smallest absolute Gasteiger partial charge is 0.340 e. The summed E-state index contributed by atoms with van der Waals surface area (Å²) in [6, 6.07) is 3.63. The minimum absolute atomic E-state index is 0.0461. The van der Waals surface area contributed by atoms with Gasteiger partial charge in [0.25, 0.3) is 0 Å². The second-order valence-corrected chi connectivity index (χ2v) is 8.84. The van der Waals surface area contributed by atoms with Crippen LogP contribution >= 0.6 is 0 Å².